The number of morpholine rings is 1. The van der Waals surface area contributed by atoms with Gasteiger partial charge in [-0.2, -0.15) is 0 Å². The molecule has 0 N–H and O–H groups in total. The zero-order chi connectivity index (χ0) is 15.6. The lowest BCUT2D eigenvalue weighted by Gasteiger charge is -2.32. The molecule has 0 amide bonds. The zero-order valence-corrected chi connectivity index (χ0v) is 13.4. The Balaban J connectivity index is 1.36. The second-order valence-corrected chi connectivity index (χ2v) is 6.25. The first-order valence-corrected chi connectivity index (χ1v) is 8.22. The molecule has 3 heterocycles. The molecule has 1 aromatic heterocycles. The van der Waals surface area contributed by atoms with E-state index in [1.807, 2.05) is 11.6 Å². The summed E-state index contributed by atoms with van der Waals surface area (Å²) in [6, 6.07) is 6.59. The van der Waals surface area contributed by atoms with Gasteiger partial charge in [0.15, 0.2) is 5.82 Å². The average molecular weight is 314 g/mol. The fourth-order valence-corrected chi connectivity index (χ4v) is 3.33. The third-order valence-corrected chi connectivity index (χ3v) is 4.66. The molecule has 122 valence electrons. The van der Waals surface area contributed by atoms with E-state index in [1.54, 1.807) is 6.33 Å². The fourth-order valence-electron chi connectivity index (χ4n) is 3.33. The number of aromatic nitrogens is 3. The third-order valence-electron chi connectivity index (χ3n) is 4.66. The highest BCUT2D eigenvalue weighted by atomic mass is 16.5. The maximum atomic E-state index is 5.86. The monoisotopic (exact) mass is 314 g/mol. The molecule has 6 heteroatoms. The van der Waals surface area contributed by atoms with Crippen molar-refractivity contribution in [1.82, 2.24) is 19.7 Å². The SMILES string of the molecule is Cn1cnnc1[C@H]1CN(CCc2ccc3c(c2)CCO3)CCO1. The van der Waals surface area contributed by atoms with Crippen LogP contribution in [-0.2, 0) is 24.6 Å². The minimum Gasteiger partial charge on any atom is -0.493 e. The van der Waals surface area contributed by atoms with E-state index in [2.05, 4.69) is 33.3 Å². The second-order valence-electron chi connectivity index (χ2n) is 6.25. The molecule has 6 nitrogen and oxygen atoms in total. The Morgan fingerprint density at radius 1 is 1.30 bits per heavy atom. The van der Waals surface area contributed by atoms with Crippen molar-refractivity contribution in [3.63, 3.8) is 0 Å². The van der Waals surface area contributed by atoms with Gasteiger partial charge in [0.05, 0.1) is 13.2 Å². The van der Waals surface area contributed by atoms with Gasteiger partial charge in [0, 0.05) is 33.1 Å². The average Bonchev–Trinajstić information content (AvgIpc) is 3.21. The van der Waals surface area contributed by atoms with Gasteiger partial charge in [-0.15, -0.1) is 10.2 Å². The lowest BCUT2D eigenvalue weighted by molar-refractivity contribution is -0.0352. The molecule has 0 radical (unpaired) electrons. The van der Waals surface area contributed by atoms with Crippen LogP contribution in [0.5, 0.6) is 5.75 Å². The third kappa shape index (κ3) is 3.09. The van der Waals surface area contributed by atoms with E-state index in [-0.39, 0.29) is 6.10 Å². The number of rotatable bonds is 4. The van der Waals surface area contributed by atoms with Crippen LogP contribution in [0.25, 0.3) is 0 Å². The maximum absolute atomic E-state index is 5.86. The predicted molar refractivity (Wildman–Crippen MR) is 85.5 cm³/mol. The lowest BCUT2D eigenvalue weighted by Crippen LogP contribution is -2.40. The molecule has 2 aliphatic heterocycles. The number of hydrogen-bond acceptors (Lipinski definition) is 5. The predicted octanol–water partition coefficient (Wildman–Crippen LogP) is 1.37. The summed E-state index contributed by atoms with van der Waals surface area (Å²) in [6.07, 6.45) is 3.84. The number of fused-ring (bicyclic) bond motifs is 1. The first-order valence-electron chi connectivity index (χ1n) is 8.22. The van der Waals surface area contributed by atoms with Crippen molar-refractivity contribution in [1.29, 1.82) is 0 Å². The number of nitrogens with zero attached hydrogens (tertiary/aromatic N) is 4. The Morgan fingerprint density at radius 3 is 3.13 bits per heavy atom. The summed E-state index contributed by atoms with van der Waals surface area (Å²) >= 11 is 0. The number of aryl methyl sites for hydroxylation is 1. The molecular weight excluding hydrogens is 292 g/mol. The molecule has 2 aliphatic rings. The highest BCUT2D eigenvalue weighted by Gasteiger charge is 2.25. The van der Waals surface area contributed by atoms with Crippen LogP contribution < -0.4 is 4.74 Å². The largest absolute Gasteiger partial charge is 0.493 e. The van der Waals surface area contributed by atoms with E-state index in [0.717, 1.165) is 57.3 Å². The van der Waals surface area contributed by atoms with Crippen LogP contribution in [-0.4, -0.2) is 52.5 Å². The topological polar surface area (TPSA) is 52.4 Å². The summed E-state index contributed by atoms with van der Waals surface area (Å²) < 4.78 is 13.4. The molecule has 1 saturated heterocycles. The van der Waals surface area contributed by atoms with Gasteiger partial charge in [0.25, 0.3) is 0 Å². The highest BCUT2D eigenvalue weighted by molar-refractivity contribution is 5.39. The number of hydrogen-bond donors (Lipinski definition) is 0. The van der Waals surface area contributed by atoms with Gasteiger partial charge in [-0.25, -0.2) is 0 Å². The van der Waals surface area contributed by atoms with Crippen molar-refractivity contribution >= 4 is 0 Å². The fraction of sp³-hybridized carbons (Fsp3) is 0.529. The molecule has 0 saturated carbocycles. The van der Waals surface area contributed by atoms with Crippen molar-refractivity contribution in [2.75, 3.05) is 32.8 Å². The van der Waals surface area contributed by atoms with Gasteiger partial charge in [0.1, 0.15) is 18.2 Å². The molecule has 1 fully saturated rings. The van der Waals surface area contributed by atoms with E-state index in [9.17, 15) is 0 Å². The zero-order valence-electron chi connectivity index (χ0n) is 13.4. The molecule has 1 atom stereocenters. The lowest BCUT2D eigenvalue weighted by atomic mass is 10.1. The number of ether oxygens (including phenoxy) is 2. The minimum atomic E-state index is 0.0182. The minimum absolute atomic E-state index is 0.0182. The Morgan fingerprint density at radius 2 is 2.26 bits per heavy atom. The first-order chi connectivity index (χ1) is 11.3. The normalized spacial score (nSPS) is 21.2. The quantitative estimate of drug-likeness (QED) is 0.853. The maximum Gasteiger partial charge on any atom is 0.163 e. The molecule has 0 spiro atoms. The van der Waals surface area contributed by atoms with Crippen molar-refractivity contribution in [3.05, 3.63) is 41.5 Å². The van der Waals surface area contributed by atoms with Crippen molar-refractivity contribution in [2.24, 2.45) is 7.05 Å². The van der Waals surface area contributed by atoms with E-state index >= 15 is 0 Å². The molecular formula is C17H22N4O2. The van der Waals surface area contributed by atoms with Gasteiger partial charge in [-0.1, -0.05) is 12.1 Å². The van der Waals surface area contributed by atoms with E-state index in [1.165, 1.54) is 11.1 Å². The van der Waals surface area contributed by atoms with E-state index in [4.69, 9.17) is 9.47 Å². The Bertz CT molecular complexity index is 685. The summed E-state index contributed by atoms with van der Waals surface area (Å²) in [5.74, 6) is 1.96. The smallest absolute Gasteiger partial charge is 0.163 e. The van der Waals surface area contributed by atoms with Crippen LogP contribution in [0, 0.1) is 0 Å². The molecule has 1 aromatic carbocycles. The van der Waals surface area contributed by atoms with E-state index in [0.29, 0.717) is 0 Å². The van der Waals surface area contributed by atoms with Crippen molar-refractivity contribution in [2.45, 2.75) is 18.9 Å². The van der Waals surface area contributed by atoms with Crippen LogP contribution in [0.4, 0.5) is 0 Å². The van der Waals surface area contributed by atoms with Gasteiger partial charge in [-0.05, 0) is 23.6 Å². The van der Waals surface area contributed by atoms with Gasteiger partial charge < -0.3 is 14.0 Å². The standard InChI is InChI=1S/C17H22N4O2/c1-20-12-18-19-17(20)16-11-21(7-9-23-16)6-4-13-2-3-15-14(10-13)5-8-22-15/h2-3,10,12,16H,4-9,11H2,1H3/t16-/m1/s1. The molecule has 0 aliphatic carbocycles. The summed E-state index contributed by atoms with van der Waals surface area (Å²) in [5, 5.41) is 8.13. The molecule has 2 aromatic rings. The molecule has 0 bridgehead atoms. The van der Waals surface area contributed by atoms with Gasteiger partial charge in [0.2, 0.25) is 0 Å². The van der Waals surface area contributed by atoms with Gasteiger partial charge >= 0.3 is 0 Å². The van der Waals surface area contributed by atoms with Crippen LogP contribution in [0.2, 0.25) is 0 Å². The molecule has 0 unspecified atom stereocenters. The van der Waals surface area contributed by atoms with Crippen molar-refractivity contribution in [3.8, 4) is 5.75 Å². The van der Waals surface area contributed by atoms with Crippen LogP contribution >= 0.6 is 0 Å². The summed E-state index contributed by atoms with van der Waals surface area (Å²) in [5.41, 5.74) is 2.73. The van der Waals surface area contributed by atoms with E-state index < -0.39 is 0 Å². The summed E-state index contributed by atoms with van der Waals surface area (Å²) in [6.45, 7) is 4.46. The van der Waals surface area contributed by atoms with Crippen LogP contribution in [0.1, 0.15) is 23.1 Å². The van der Waals surface area contributed by atoms with Crippen molar-refractivity contribution < 1.29 is 9.47 Å². The van der Waals surface area contributed by atoms with Crippen LogP contribution in [0.15, 0.2) is 24.5 Å². The summed E-state index contributed by atoms with van der Waals surface area (Å²) in [7, 11) is 1.96. The molecule has 4 rings (SSSR count). The molecule has 23 heavy (non-hydrogen) atoms. The highest BCUT2D eigenvalue weighted by Crippen LogP contribution is 2.26. The van der Waals surface area contributed by atoms with Gasteiger partial charge in [-0.3, -0.25) is 4.90 Å². The first kappa shape index (κ1) is 14.7. The van der Waals surface area contributed by atoms with Crippen LogP contribution in [0.3, 0.4) is 0 Å². The Hall–Kier alpha value is -1.92. The second kappa shape index (κ2) is 6.29. The Kier molecular flexibility index (Phi) is 4.01. The summed E-state index contributed by atoms with van der Waals surface area (Å²) in [4.78, 5) is 2.45. The number of benzene rings is 1. The Labute approximate surface area is 136 Å².